The number of nitrogens with zero attached hydrogens (tertiary/aromatic N) is 6. The number of hydrogen-bond acceptors (Lipinski definition) is 6. The molecule has 2 aliphatic rings. The predicted molar refractivity (Wildman–Crippen MR) is 77.1 cm³/mol. The molecule has 2 aromatic rings. The molecule has 0 aromatic carbocycles. The zero-order valence-electron chi connectivity index (χ0n) is 11.6. The fourth-order valence-electron chi connectivity index (χ4n) is 3.24. The van der Waals surface area contributed by atoms with E-state index >= 15 is 0 Å². The normalized spacial score (nSPS) is 22.2. The highest BCUT2D eigenvalue weighted by atomic mass is 32.1. The average molecular weight is 290 g/mol. The smallest absolute Gasteiger partial charge is 0.245 e. The van der Waals surface area contributed by atoms with Gasteiger partial charge >= 0.3 is 0 Å². The first-order chi connectivity index (χ1) is 9.81. The van der Waals surface area contributed by atoms with E-state index in [1.54, 1.807) is 4.68 Å². The number of hydrogen-bond donors (Lipinski definition) is 0. The monoisotopic (exact) mass is 290 g/mol. The van der Waals surface area contributed by atoms with Gasteiger partial charge in [-0.05, 0) is 42.5 Å². The molecule has 106 valence electrons. The van der Waals surface area contributed by atoms with Gasteiger partial charge in [0.25, 0.3) is 0 Å². The zero-order chi connectivity index (χ0) is 13.5. The van der Waals surface area contributed by atoms with E-state index in [0.717, 1.165) is 19.0 Å². The van der Waals surface area contributed by atoms with Crippen molar-refractivity contribution >= 4 is 17.3 Å². The lowest BCUT2D eigenvalue weighted by Gasteiger charge is -2.31. The number of aryl methyl sites for hydroxylation is 3. The molecule has 1 fully saturated rings. The maximum Gasteiger partial charge on any atom is 0.245 e. The maximum atomic E-state index is 4.89. The van der Waals surface area contributed by atoms with Crippen molar-refractivity contribution in [1.29, 1.82) is 0 Å². The van der Waals surface area contributed by atoms with Gasteiger partial charge in [0, 0.05) is 30.9 Å². The molecule has 20 heavy (non-hydrogen) atoms. The molecule has 0 saturated carbocycles. The molecule has 0 amide bonds. The molecule has 1 unspecified atom stereocenters. The van der Waals surface area contributed by atoms with Crippen LogP contribution in [0.25, 0.3) is 0 Å². The van der Waals surface area contributed by atoms with E-state index in [9.17, 15) is 0 Å². The molecule has 6 nitrogen and oxygen atoms in total. The van der Waals surface area contributed by atoms with Crippen molar-refractivity contribution in [2.75, 3.05) is 18.0 Å². The van der Waals surface area contributed by atoms with Gasteiger partial charge in [0.2, 0.25) is 5.95 Å². The number of rotatable bonds is 2. The van der Waals surface area contributed by atoms with Gasteiger partial charge in [-0.1, -0.05) is 5.10 Å². The maximum absolute atomic E-state index is 4.89. The van der Waals surface area contributed by atoms with Gasteiger partial charge in [-0.25, -0.2) is 9.67 Å². The highest BCUT2D eigenvalue weighted by molar-refractivity contribution is 7.11. The molecule has 4 rings (SSSR count). The van der Waals surface area contributed by atoms with Crippen LogP contribution >= 0.6 is 11.3 Å². The third-order valence-corrected chi connectivity index (χ3v) is 5.58. The number of tetrazole rings is 1. The van der Waals surface area contributed by atoms with E-state index in [1.807, 2.05) is 18.4 Å². The summed E-state index contributed by atoms with van der Waals surface area (Å²) in [6.45, 7) is 2.02. The van der Waals surface area contributed by atoms with Crippen molar-refractivity contribution in [2.24, 2.45) is 7.05 Å². The van der Waals surface area contributed by atoms with Crippen LogP contribution in [0.2, 0.25) is 0 Å². The standard InChI is InChI=1S/C13H18N6S/c1-18-13(15-16-17-18)19-7-3-4-9(8-19)12-14-10-5-2-6-11(10)20-12/h9H,2-8H2,1H3. The number of piperidine rings is 1. The molecule has 1 atom stereocenters. The molecular formula is C13H18N6S. The minimum Gasteiger partial charge on any atom is -0.339 e. The Morgan fingerprint density at radius 2 is 2.20 bits per heavy atom. The minimum atomic E-state index is 0.538. The van der Waals surface area contributed by atoms with Crippen LogP contribution in [-0.4, -0.2) is 38.3 Å². The molecule has 1 aliphatic heterocycles. The molecule has 2 aromatic heterocycles. The highest BCUT2D eigenvalue weighted by Crippen LogP contribution is 2.35. The molecule has 0 radical (unpaired) electrons. The summed E-state index contributed by atoms with van der Waals surface area (Å²) in [7, 11) is 1.90. The van der Waals surface area contributed by atoms with E-state index in [4.69, 9.17) is 4.98 Å². The van der Waals surface area contributed by atoms with Gasteiger partial charge in [0.1, 0.15) is 0 Å². The van der Waals surface area contributed by atoms with E-state index in [-0.39, 0.29) is 0 Å². The van der Waals surface area contributed by atoms with Gasteiger partial charge in [0.15, 0.2) is 0 Å². The first-order valence-electron chi connectivity index (χ1n) is 7.27. The topological polar surface area (TPSA) is 59.7 Å². The summed E-state index contributed by atoms with van der Waals surface area (Å²) < 4.78 is 1.75. The summed E-state index contributed by atoms with van der Waals surface area (Å²) in [6, 6.07) is 0. The molecule has 7 heteroatoms. The van der Waals surface area contributed by atoms with E-state index in [1.165, 1.54) is 47.7 Å². The van der Waals surface area contributed by atoms with Crippen molar-refractivity contribution in [3.05, 3.63) is 15.6 Å². The second kappa shape index (κ2) is 4.80. The first kappa shape index (κ1) is 12.3. The Labute approximate surface area is 121 Å². The Kier molecular flexibility index (Phi) is 2.94. The van der Waals surface area contributed by atoms with Crippen molar-refractivity contribution in [3.63, 3.8) is 0 Å². The van der Waals surface area contributed by atoms with Gasteiger partial charge < -0.3 is 4.90 Å². The van der Waals surface area contributed by atoms with Crippen LogP contribution in [-0.2, 0) is 19.9 Å². The first-order valence-corrected chi connectivity index (χ1v) is 8.08. The summed E-state index contributed by atoms with van der Waals surface area (Å²) in [4.78, 5) is 8.70. The van der Waals surface area contributed by atoms with E-state index in [2.05, 4.69) is 20.4 Å². The Morgan fingerprint density at radius 3 is 3.00 bits per heavy atom. The van der Waals surface area contributed by atoms with Crippen LogP contribution in [0, 0.1) is 0 Å². The lowest BCUT2D eigenvalue weighted by molar-refractivity contribution is 0.495. The van der Waals surface area contributed by atoms with Crippen LogP contribution in [0.3, 0.4) is 0 Å². The lowest BCUT2D eigenvalue weighted by atomic mass is 9.99. The van der Waals surface area contributed by atoms with E-state index < -0.39 is 0 Å². The van der Waals surface area contributed by atoms with Crippen LogP contribution < -0.4 is 4.90 Å². The van der Waals surface area contributed by atoms with Gasteiger partial charge in [0.05, 0.1) is 10.7 Å². The van der Waals surface area contributed by atoms with Crippen molar-refractivity contribution in [2.45, 2.75) is 38.0 Å². The average Bonchev–Trinajstić information content (AvgIpc) is 3.13. The Morgan fingerprint density at radius 1 is 1.25 bits per heavy atom. The molecular weight excluding hydrogens is 272 g/mol. The fraction of sp³-hybridized carbons (Fsp3) is 0.692. The van der Waals surface area contributed by atoms with Crippen LogP contribution in [0.5, 0.6) is 0 Å². The van der Waals surface area contributed by atoms with E-state index in [0.29, 0.717) is 5.92 Å². The summed E-state index contributed by atoms with van der Waals surface area (Å²) in [5, 5.41) is 13.1. The molecule has 3 heterocycles. The zero-order valence-corrected chi connectivity index (χ0v) is 12.4. The van der Waals surface area contributed by atoms with Crippen molar-refractivity contribution < 1.29 is 0 Å². The Bertz CT molecular complexity index is 597. The van der Waals surface area contributed by atoms with Gasteiger partial charge in [-0.15, -0.1) is 11.3 Å². The van der Waals surface area contributed by atoms with Gasteiger partial charge in [-0.3, -0.25) is 0 Å². The summed E-state index contributed by atoms with van der Waals surface area (Å²) >= 11 is 1.94. The molecule has 0 spiro atoms. The quantitative estimate of drug-likeness (QED) is 0.839. The number of fused-ring (bicyclic) bond motifs is 1. The third kappa shape index (κ3) is 2.00. The predicted octanol–water partition coefficient (Wildman–Crippen LogP) is 1.54. The molecule has 1 saturated heterocycles. The van der Waals surface area contributed by atoms with Crippen LogP contribution in [0.1, 0.15) is 40.8 Å². The SMILES string of the molecule is Cn1nnnc1N1CCCC(c2nc3c(s2)CCC3)C1. The van der Waals surface area contributed by atoms with Crippen LogP contribution in [0.4, 0.5) is 5.95 Å². The second-order valence-corrected chi connectivity index (χ2v) is 6.78. The number of thiazole rings is 1. The molecule has 0 bridgehead atoms. The highest BCUT2D eigenvalue weighted by Gasteiger charge is 2.28. The Hall–Kier alpha value is -1.50. The van der Waals surface area contributed by atoms with Crippen molar-refractivity contribution in [1.82, 2.24) is 25.2 Å². The summed E-state index contributed by atoms with van der Waals surface area (Å²) in [6.07, 6.45) is 6.11. The Balaban J connectivity index is 1.55. The lowest BCUT2D eigenvalue weighted by Crippen LogP contribution is -2.36. The second-order valence-electron chi connectivity index (χ2n) is 5.66. The largest absolute Gasteiger partial charge is 0.339 e. The number of aromatic nitrogens is 5. The minimum absolute atomic E-state index is 0.538. The molecule has 0 N–H and O–H groups in total. The van der Waals surface area contributed by atoms with Crippen LogP contribution in [0.15, 0.2) is 0 Å². The third-order valence-electron chi connectivity index (χ3n) is 4.26. The fourth-order valence-corrected chi connectivity index (χ4v) is 4.52. The van der Waals surface area contributed by atoms with Crippen molar-refractivity contribution in [3.8, 4) is 0 Å². The summed E-state index contributed by atoms with van der Waals surface area (Å²) in [5.41, 5.74) is 1.36. The molecule has 1 aliphatic carbocycles. The summed E-state index contributed by atoms with van der Waals surface area (Å²) in [5.74, 6) is 1.41. The number of anilines is 1. The van der Waals surface area contributed by atoms with Gasteiger partial charge in [-0.2, -0.15) is 0 Å².